The largest absolute Gasteiger partial charge is 0.378 e. The number of hydrogen-bond donors (Lipinski definition) is 1. The van der Waals surface area contributed by atoms with Crippen LogP contribution in [0.5, 0.6) is 0 Å². The molecule has 19 heavy (non-hydrogen) atoms. The Morgan fingerprint density at radius 3 is 2.26 bits per heavy atom. The van der Waals surface area contributed by atoms with Crippen LogP contribution in [0.15, 0.2) is 40.9 Å². The van der Waals surface area contributed by atoms with Crippen molar-refractivity contribution in [2.75, 3.05) is 5.32 Å². The third-order valence-electron chi connectivity index (χ3n) is 2.94. The molecule has 2 aromatic carbocycles. The molecule has 0 saturated carbocycles. The van der Waals surface area contributed by atoms with Gasteiger partial charge < -0.3 is 5.32 Å². The highest BCUT2D eigenvalue weighted by atomic mass is 79.9. The monoisotopic (exact) mass is 325 g/mol. The molecule has 1 unspecified atom stereocenters. The molecule has 0 aliphatic rings. The topological polar surface area (TPSA) is 12.0 Å². The fraction of sp³-hybridized carbons (Fsp3) is 0.200. The third kappa shape index (κ3) is 3.53. The minimum Gasteiger partial charge on any atom is -0.378 e. The molecule has 0 spiro atoms. The summed E-state index contributed by atoms with van der Waals surface area (Å²) in [5, 5.41) is 3.22. The number of nitrogens with one attached hydrogen (secondary N) is 1. The van der Waals surface area contributed by atoms with Gasteiger partial charge in [0.25, 0.3) is 0 Å². The van der Waals surface area contributed by atoms with E-state index in [4.69, 9.17) is 0 Å². The Morgan fingerprint density at radius 2 is 1.68 bits per heavy atom. The molecule has 0 saturated heterocycles. The van der Waals surface area contributed by atoms with Crippen LogP contribution in [-0.4, -0.2) is 0 Å². The number of halogens is 3. The molecule has 1 nitrogen and oxygen atoms in total. The Bertz CT molecular complexity index is 578. The smallest absolute Gasteiger partial charge is 0.126 e. The number of anilines is 1. The Kier molecular flexibility index (Phi) is 4.20. The fourth-order valence-electron chi connectivity index (χ4n) is 1.84. The van der Waals surface area contributed by atoms with Gasteiger partial charge in [0, 0.05) is 22.3 Å². The summed E-state index contributed by atoms with van der Waals surface area (Å²) >= 11 is 3.46. The number of rotatable bonds is 3. The van der Waals surface area contributed by atoms with Crippen molar-refractivity contribution in [3.8, 4) is 0 Å². The Hall–Kier alpha value is -1.42. The van der Waals surface area contributed by atoms with Crippen molar-refractivity contribution in [2.24, 2.45) is 0 Å². The lowest BCUT2D eigenvalue weighted by Gasteiger charge is -2.16. The van der Waals surface area contributed by atoms with E-state index >= 15 is 0 Å². The molecule has 0 heterocycles. The van der Waals surface area contributed by atoms with Crippen molar-refractivity contribution in [3.63, 3.8) is 0 Å². The summed E-state index contributed by atoms with van der Waals surface area (Å²) in [6.07, 6.45) is 0. The molecule has 0 bridgehead atoms. The first-order valence-electron chi connectivity index (χ1n) is 5.94. The number of benzene rings is 2. The maximum absolute atomic E-state index is 13.2. The fourth-order valence-corrected chi connectivity index (χ4v) is 2.22. The number of hydrogen-bond acceptors (Lipinski definition) is 1. The van der Waals surface area contributed by atoms with Crippen LogP contribution in [0, 0.1) is 18.6 Å². The van der Waals surface area contributed by atoms with Crippen LogP contribution in [0.1, 0.15) is 24.1 Å². The zero-order chi connectivity index (χ0) is 14.0. The van der Waals surface area contributed by atoms with Crippen LogP contribution in [0.4, 0.5) is 14.5 Å². The Morgan fingerprint density at radius 1 is 1.05 bits per heavy atom. The summed E-state index contributed by atoms with van der Waals surface area (Å²) in [5.41, 5.74) is 2.61. The van der Waals surface area contributed by atoms with Gasteiger partial charge in [0.05, 0.1) is 0 Å². The van der Waals surface area contributed by atoms with E-state index in [-0.39, 0.29) is 6.04 Å². The summed E-state index contributed by atoms with van der Waals surface area (Å²) in [4.78, 5) is 0. The summed E-state index contributed by atoms with van der Waals surface area (Å²) in [7, 11) is 0. The second-order valence-electron chi connectivity index (χ2n) is 4.53. The molecule has 100 valence electrons. The lowest BCUT2D eigenvalue weighted by Crippen LogP contribution is -2.07. The average Bonchev–Trinajstić information content (AvgIpc) is 2.32. The molecular formula is C15H14BrF2N. The van der Waals surface area contributed by atoms with Gasteiger partial charge in [-0.1, -0.05) is 22.0 Å². The van der Waals surface area contributed by atoms with Gasteiger partial charge in [-0.2, -0.15) is 0 Å². The maximum Gasteiger partial charge on any atom is 0.126 e. The minimum atomic E-state index is -0.561. The molecule has 0 aromatic heterocycles. The molecule has 4 heteroatoms. The van der Waals surface area contributed by atoms with Crippen molar-refractivity contribution >= 4 is 21.6 Å². The maximum atomic E-state index is 13.2. The standard InChI is InChI=1S/C15H14BrF2N/c1-9-3-4-14(8-15(9)16)19-10(2)11-5-12(17)7-13(18)6-11/h3-8,10,19H,1-2H3. The van der Waals surface area contributed by atoms with Gasteiger partial charge in [-0.05, 0) is 49.2 Å². The first-order valence-corrected chi connectivity index (χ1v) is 6.73. The van der Waals surface area contributed by atoms with Gasteiger partial charge in [-0.15, -0.1) is 0 Å². The van der Waals surface area contributed by atoms with Crippen molar-refractivity contribution in [3.05, 3.63) is 63.6 Å². The zero-order valence-electron chi connectivity index (χ0n) is 10.7. The van der Waals surface area contributed by atoms with Crippen LogP contribution < -0.4 is 5.32 Å². The van der Waals surface area contributed by atoms with E-state index in [1.165, 1.54) is 12.1 Å². The molecule has 0 aliphatic heterocycles. The molecule has 1 N–H and O–H groups in total. The van der Waals surface area contributed by atoms with E-state index < -0.39 is 11.6 Å². The van der Waals surface area contributed by atoms with Gasteiger partial charge in [0.2, 0.25) is 0 Å². The van der Waals surface area contributed by atoms with E-state index in [1.54, 1.807) is 0 Å². The van der Waals surface area contributed by atoms with E-state index in [0.29, 0.717) is 5.56 Å². The first-order chi connectivity index (χ1) is 8.95. The van der Waals surface area contributed by atoms with Crippen LogP contribution in [-0.2, 0) is 0 Å². The molecule has 0 aliphatic carbocycles. The second-order valence-corrected chi connectivity index (χ2v) is 5.39. The Labute approximate surface area is 119 Å². The quantitative estimate of drug-likeness (QED) is 0.816. The summed E-state index contributed by atoms with van der Waals surface area (Å²) < 4.78 is 27.3. The lowest BCUT2D eigenvalue weighted by molar-refractivity contribution is 0.577. The predicted octanol–water partition coefficient (Wildman–Crippen LogP) is 5.21. The van der Waals surface area contributed by atoms with Gasteiger partial charge in [0.1, 0.15) is 11.6 Å². The van der Waals surface area contributed by atoms with Gasteiger partial charge >= 0.3 is 0 Å². The molecule has 0 radical (unpaired) electrons. The highest BCUT2D eigenvalue weighted by Crippen LogP contribution is 2.25. The lowest BCUT2D eigenvalue weighted by atomic mass is 10.1. The highest BCUT2D eigenvalue weighted by Gasteiger charge is 2.09. The van der Waals surface area contributed by atoms with Crippen molar-refractivity contribution in [1.82, 2.24) is 0 Å². The molecule has 2 rings (SSSR count). The van der Waals surface area contributed by atoms with Crippen LogP contribution >= 0.6 is 15.9 Å². The average molecular weight is 326 g/mol. The molecule has 2 aromatic rings. The second kappa shape index (κ2) is 5.70. The van der Waals surface area contributed by atoms with E-state index in [1.807, 2.05) is 32.0 Å². The van der Waals surface area contributed by atoms with Gasteiger partial charge in [-0.3, -0.25) is 0 Å². The first kappa shape index (κ1) is 14.0. The Balaban J connectivity index is 2.20. The highest BCUT2D eigenvalue weighted by molar-refractivity contribution is 9.10. The van der Waals surface area contributed by atoms with Crippen molar-refractivity contribution in [2.45, 2.75) is 19.9 Å². The van der Waals surface area contributed by atoms with Gasteiger partial charge in [-0.25, -0.2) is 8.78 Å². The van der Waals surface area contributed by atoms with Crippen molar-refractivity contribution in [1.29, 1.82) is 0 Å². The summed E-state index contributed by atoms with van der Waals surface area (Å²) in [6.45, 7) is 3.86. The van der Waals surface area contributed by atoms with Crippen LogP contribution in [0.2, 0.25) is 0 Å². The SMILES string of the molecule is Cc1ccc(NC(C)c2cc(F)cc(F)c2)cc1Br. The minimum absolute atomic E-state index is 0.181. The normalized spacial score (nSPS) is 12.3. The molecular weight excluding hydrogens is 312 g/mol. The number of aryl methyl sites for hydroxylation is 1. The summed E-state index contributed by atoms with van der Waals surface area (Å²) in [5.74, 6) is -1.12. The molecule has 0 amide bonds. The van der Waals surface area contributed by atoms with E-state index in [0.717, 1.165) is 21.8 Å². The summed E-state index contributed by atoms with van der Waals surface area (Å²) in [6, 6.07) is 9.23. The zero-order valence-corrected chi connectivity index (χ0v) is 12.3. The third-order valence-corrected chi connectivity index (χ3v) is 3.79. The molecule has 0 fully saturated rings. The van der Waals surface area contributed by atoms with Crippen LogP contribution in [0.25, 0.3) is 0 Å². The predicted molar refractivity (Wildman–Crippen MR) is 77.3 cm³/mol. The van der Waals surface area contributed by atoms with Crippen molar-refractivity contribution < 1.29 is 8.78 Å². The molecule has 1 atom stereocenters. The van der Waals surface area contributed by atoms with Gasteiger partial charge in [0.15, 0.2) is 0 Å². The van der Waals surface area contributed by atoms with E-state index in [2.05, 4.69) is 21.2 Å². The van der Waals surface area contributed by atoms with E-state index in [9.17, 15) is 8.78 Å². The van der Waals surface area contributed by atoms with Crippen LogP contribution in [0.3, 0.4) is 0 Å².